The third-order valence-corrected chi connectivity index (χ3v) is 7.55. The maximum atomic E-state index is 14.4. The molecule has 0 spiro atoms. The van der Waals surface area contributed by atoms with Crippen molar-refractivity contribution in [3.63, 3.8) is 0 Å². The van der Waals surface area contributed by atoms with Crippen LogP contribution in [0.4, 0.5) is 18.9 Å². The van der Waals surface area contributed by atoms with Crippen molar-refractivity contribution in [3.8, 4) is 22.6 Å². The number of rotatable bonds is 6. The molecular formula is C29H27F3N2O4S. The van der Waals surface area contributed by atoms with Crippen molar-refractivity contribution in [2.75, 3.05) is 18.7 Å². The van der Waals surface area contributed by atoms with E-state index in [1.807, 2.05) is 13.0 Å². The van der Waals surface area contributed by atoms with Crippen LogP contribution in [0.1, 0.15) is 32.9 Å². The second kappa shape index (κ2) is 10.3. The highest BCUT2D eigenvalue weighted by atomic mass is 32.2. The van der Waals surface area contributed by atoms with Gasteiger partial charge < -0.3 is 14.6 Å². The van der Waals surface area contributed by atoms with Crippen LogP contribution >= 0.6 is 0 Å². The molecule has 0 saturated carbocycles. The summed E-state index contributed by atoms with van der Waals surface area (Å²) < 4.78 is 73.2. The first-order valence-corrected chi connectivity index (χ1v) is 13.8. The van der Waals surface area contributed by atoms with Crippen LogP contribution in [-0.2, 0) is 16.0 Å². The number of hydrogen-bond acceptors (Lipinski definition) is 4. The average molecular weight is 557 g/mol. The van der Waals surface area contributed by atoms with E-state index in [4.69, 9.17) is 4.74 Å². The number of amides is 1. The Kier molecular flexibility index (Phi) is 7.36. The summed E-state index contributed by atoms with van der Waals surface area (Å²) in [6.07, 6.45) is -3.59. The largest absolute Gasteiger partial charge is 0.496 e. The number of ether oxygens (including phenoxy) is 1. The number of alkyl halides is 3. The average Bonchev–Trinajstić information content (AvgIpc) is 3.16. The van der Waals surface area contributed by atoms with Crippen LogP contribution in [0.25, 0.3) is 16.8 Å². The van der Waals surface area contributed by atoms with Gasteiger partial charge in [-0.3, -0.25) is 4.79 Å². The SMILES string of the molecule is COc1ccc(C)cc1-c1ccc(-n2c(C)cc(C(=O)Nc3ccc(S(C)(=O)=O)cc3)c2C)c(C(F)(F)F)c1. The number of hydrogen-bond donors (Lipinski definition) is 1. The number of anilines is 1. The number of nitrogens with one attached hydrogen (secondary N) is 1. The lowest BCUT2D eigenvalue weighted by Crippen LogP contribution is -2.15. The summed E-state index contributed by atoms with van der Waals surface area (Å²) in [6.45, 7) is 5.05. The lowest BCUT2D eigenvalue weighted by molar-refractivity contribution is -0.137. The molecular weight excluding hydrogens is 529 g/mol. The number of aromatic nitrogens is 1. The summed E-state index contributed by atoms with van der Waals surface area (Å²) in [4.78, 5) is 13.2. The van der Waals surface area contributed by atoms with E-state index in [2.05, 4.69) is 5.32 Å². The van der Waals surface area contributed by atoms with Crippen LogP contribution < -0.4 is 10.1 Å². The van der Waals surface area contributed by atoms with E-state index in [0.29, 0.717) is 34.0 Å². The summed E-state index contributed by atoms with van der Waals surface area (Å²) in [7, 11) is -1.93. The molecule has 1 N–H and O–H groups in total. The summed E-state index contributed by atoms with van der Waals surface area (Å²) in [5, 5.41) is 2.68. The van der Waals surface area contributed by atoms with Crippen LogP contribution in [0.3, 0.4) is 0 Å². The Morgan fingerprint density at radius 3 is 2.18 bits per heavy atom. The molecule has 1 amide bonds. The smallest absolute Gasteiger partial charge is 0.418 e. The second-order valence-electron chi connectivity index (χ2n) is 9.30. The van der Waals surface area contributed by atoms with Gasteiger partial charge in [-0.05, 0) is 80.9 Å². The number of sulfone groups is 1. The van der Waals surface area contributed by atoms with Crippen molar-refractivity contribution >= 4 is 21.4 Å². The van der Waals surface area contributed by atoms with Crippen molar-refractivity contribution in [2.45, 2.75) is 31.8 Å². The Morgan fingerprint density at radius 2 is 1.59 bits per heavy atom. The fourth-order valence-electron chi connectivity index (χ4n) is 4.52. The highest BCUT2D eigenvalue weighted by molar-refractivity contribution is 7.90. The summed E-state index contributed by atoms with van der Waals surface area (Å²) >= 11 is 0. The Hall–Kier alpha value is -4.05. The molecule has 0 unspecified atom stereocenters. The van der Waals surface area contributed by atoms with E-state index in [9.17, 15) is 26.4 Å². The zero-order valence-corrected chi connectivity index (χ0v) is 22.8. The van der Waals surface area contributed by atoms with E-state index in [1.165, 1.54) is 48.1 Å². The quantitative estimate of drug-likeness (QED) is 0.285. The topological polar surface area (TPSA) is 77.4 Å². The molecule has 204 valence electrons. The molecule has 1 aromatic heterocycles. The van der Waals surface area contributed by atoms with Gasteiger partial charge in [0.15, 0.2) is 9.84 Å². The molecule has 4 rings (SSSR count). The van der Waals surface area contributed by atoms with Crippen molar-refractivity contribution in [1.29, 1.82) is 0 Å². The number of halogens is 3. The lowest BCUT2D eigenvalue weighted by atomic mass is 9.98. The van der Waals surface area contributed by atoms with Crippen LogP contribution in [-0.4, -0.2) is 32.3 Å². The van der Waals surface area contributed by atoms with Crippen molar-refractivity contribution in [3.05, 3.63) is 94.8 Å². The maximum Gasteiger partial charge on any atom is 0.418 e. The molecule has 0 saturated heterocycles. The van der Waals surface area contributed by atoms with Crippen LogP contribution in [0.5, 0.6) is 5.75 Å². The fourth-order valence-corrected chi connectivity index (χ4v) is 5.15. The number of methoxy groups -OCH3 is 1. The molecule has 10 heteroatoms. The van der Waals surface area contributed by atoms with Crippen LogP contribution in [0.15, 0.2) is 71.6 Å². The molecule has 0 radical (unpaired) electrons. The minimum Gasteiger partial charge on any atom is -0.496 e. The van der Waals surface area contributed by atoms with Crippen LogP contribution in [0, 0.1) is 20.8 Å². The monoisotopic (exact) mass is 556 g/mol. The van der Waals surface area contributed by atoms with Gasteiger partial charge in [-0.25, -0.2) is 8.42 Å². The number of benzene rings is 3. The molecule has 6 nitrogen and oxygen atoms in total. The molecule has 0 aliphatic heterocycles. The maximum absolute atomic E-state index is 14.4. The lowest BCUT2D eigenvalue weighted by Gasteiger charge is -2.19. The Bertz CT molecular complexity index is 1670. The Balaban J connectivity index is 1.75. The molecule has 0 fully saturated rings. The van der Waals surface area contributed by atoms with Crippen molar-refractivity contribution in [2.24, 2.45) is 0 Å². The first-order valence-electron chi connectivity index (χ1n) is 11.9. The third kappa shape index (κ3) is 5.70. The van der Waals surface area contributed by atoms with E-state index in [-0.39, 0.29) is 16.1 Å². The molecule has 3 aromatic carbocycles. The van der Waals surface area contributed by atoms with Gasteiger partial charge in [0.2, 0.25) is 0 Å². The number of carbonyl (C=O) groups excluding carboxylic acids is 1. The van der Waals surface area contributed by atoms with Gasteiger partial charge >= 0.3 is 6.18 Å². The highest BCUT2D eigenvalue weighted by Crippen LogP contribution is 2.40. The standard InChI is InChI=1S/C29H27F3N2O4S/c1-17-6-13-27(38-4)24(14-17)20-7-12-26(25(16-20)29(30,31)32)34-18(2)15-23(19(34)3)28(35)33-21-8-10-22(11-9-21)39(5,36)37/h6-16H,1-5H3,(H,33,35). The molecule has 4 aromatic rings. The first-order chi connectivity index (χ1) is 18.2. The molecule has 1 heterocycles. The van der Waals surface area contributed by atoms with Crippen molar-refractivity contribution < 1.29 is 31.1 Å². The zero-order valence-electron chi connectivity index (χ0n) is 22.0. The molecule has 0 atom stereocenters. The van der Waals surface area contributed by atoms with E-state index >= 15 is 0 Å². The zero-order chi connectivity index (χ0) is 28.7. The van der Waals surface area contributed by atoms with Gasteiger partial charge in [0.05, 0.1) is 28.8 Å². The van der Waals surface area contributed by atoms with Gasteiger partial charge in [0.25, 0.3) is 5.91 Å². The minimum absolute atomic E-state index is 0.102. The minimum atomic E-state index is -4.67. The third-order valence-electron chi connectivity index (χ3n) is 6.42. The Morgan fingerprint density at radius 1 is 0.923 bits per heavy atom. The molecule has 39 heavy (non-hydrogen) atoms. The van der Waals surface area contributed by atoms with Gasteiger partial charge in [-0.2, -0.15) is 13.2 Å². The predicted molar refractivity (Wildman–Crippen MR) is 144 cm³/mol. The van der Waals surface area contributed by atoms with Gasteiger partial charge in [-0.1, -0.05) is 17.7 Å². The van der Waals surface area contributed by atoms with E-state index in [0.717, 1.165) is 17.9 Å². The summed E-state index contributed by atoms with van der Waals surface area (Å²) in [5.74, 6) is -0.0746. The van der Waals surface area contributed by atoms with Crippen LogP contribution in [0.2, 0.25) is 0 Å². The van der Waals surface area contributed by atoms with Gasteiger partial charge in [0, 0.05) is 28.9 Å². The predicted octanol–water partition coefficient (Wildman–Crippen LogP) is 6.75. The van der Waals surface area contributed by atoms with Crippen molar-refractivity contribution in [1.82, 2.24) is 4.57 Å². The fraction of sp³-hybridized carbons (Fsp3) is 0.207. The van der Waals surface area contributed by atoms with Gasteiger partial charge in [-0.15, -0.1) is 0 Å². The molecule has 0 aliphatic rings. The second-order valence-corrected chi connectivity index (χ2v) is 11.3. The highest BCUT2D eigenvalue weighted by Gasteiger charge is 2.35. The van der Waals surface area contributed by atoms with E-state index in [1.54, 1.807) is 32.0 Å². The number of nitrogens with zero attached hydrogens (tertiary/aromatic N) is 1. The first kappa shape index (κ1) is 28.0. The number of aryl methyl sites for hydroxylation is 2. The normalized spacial score (nSPS) is 11.9. The Labute approximate surface area is 225 Å². The molecule has 0 bridgehead atoms. The summed E-state index contributed by atoms with van der Waals surface area (Å²) in [5.41, 5.74) is 2.12. The van der Waals surface area contributed by atoms with Gasteiger partial charge in [0.1, 0.15) is 5.75 Å². The summed E-state index contributed by atoms with van der Waals surface area (Å²) in [6, 6.07) is 16.6. The van der Waals surface area contributed by atoms with E-state index < -0.39 is 27.5 Å². The number of carbonyl (C=O) groups is 1. The molecule has 0 aliphatic carbocycles.